The van der Waals surface area contributed by atoms with Gasteiger partial charge in [-0.15, -0.1) is 0 Å². The van der Waals surface area contributed by atoms with Gasteiger partial charge in [-0.3, -0.25) is 9.59 Å². The Bertz CT molecular complexity index is 265. The Morgan fingerprint density at radius 1 is 1.35 bits per heavy atom. The summed E-state index contributed by atoms with van der Waals surface area (Å²) in [7, 11) is 0. The molecule has 1 saturated heterocycles. The largest absolute Gasteiger partial charge is 0.370 e. The molecule has 1 aliphatic rings. The van der Waals surface area contributed by atoms with Gasteiger partial charge in [0, 0.05) is 19.4 Å². The maximum absolute atomic E-state index is 11.6. The minimum Gasteiger partial charge on any atom is -0.370 e. The number of hydrogen-bond donors (Lipinski definition) is 2. The van der Waals surface area contributed by atoms with Crippen LogP contribution in [0.5, 0.6) is 0 Å². The molecule has 0 aromatic rings. The van der Waals surface area contributed by atoms with Gasteiger partial charge in [0.15, 0.2) is 0 Å². The van der Waals surface area contributed by atoms with Gasteiger partial charge in [0.1, 0.15) is 0 Å². The highest BCUT2D eigenvalue weighted by molar-refractivity contribution is 7.99. The Hall–Kier alpha value is -0.710. The molecular formula is C12H22N2O2S. The van der Waals surface area contributed by atoms with Crippen LogP contribution < -0.4 is 11.1 Å². The minimum absolute atomic E-state index is 0.0365. The molecule has 1 fully saturated rings. The second-order valence-electron chi connectivity index (χ2n) is 4.84. The lowest BCUT2D eigenvalue weighted by atomic mass is 10.0. The molecule has 1 aliphatic heterocycles. The zero-order valence-electron chi connectivity index (χ0n) is 10.4. The molecule has 1 rings (SSSR count). The summed E-state index contributed by atoms with van der Waals surface area (Å²) in [5.74, 6) is 2.78. The Morgan fingerprint density at radius 2 is 2.00 bits per heavy atom. The summed E-state index contributed by atoms with van der Waals surface area (Å²) in [4.78, 5) is 22.3. The number of amides is 2. The third-order valence-electron chi connectivity index (χ3n) is 3.01. The number of hydrogen-bond acceptors (Lipinski definition) is 3. The van der Waals surface area contributed by atoms with E-state index in [-0.39, 0.29) is 24.2 Å². The van der Waals surface area contributed by atoms with Gasteiger partial charge in [-0.1, -0.05) is 6.92 Å². The van der Waals surface area contributed by atoms with E-state index in [0.717, 1.165) is 6.54 Å². The van der Waals surface area contributed by atoms with E-state index in [0.29, 0.717) is 12.3 Å². The normalized spacial score (nSPS) is 18.6. The van der Waals surface area contributed by atoms with Crippen LogP contribution in [0.25, 0.3) is 0 Å². The van der Waals surface area contributed by atoms with Crippen molar-refractivity contribution in [3.8, 4) is 0 Å². The SMILES string of the molecule is C[C@H](CC(N)=O)CC(=O)NCC1CCSCC1. The van der Waals surface area contributed by atoms with Gasteiger partial charge >= 0.3 is 0 Å². The van der Waals surface area contributed by atoms with Crippen LogP contribution in [0, 0.1) is 11.8 Å². The average Bonchev–Trinajstić information content (AvgIpc) is 2.26. The summed E-state index contributed by atoms with van der Waals surface area (Å²) in [6, 6.07) is 0. The first-order valence-corrected chi connectivity index (χ1v) is 7.36. The number of carbonyl (C=O) groups excluding carboxylic acids is 2. The first kappa shape index (κ1) is 14.4. The molecule has 0 aromatic heterocycles. The molecule has 0 unspecified atom stereocenters. The standard InChI is InChI=1S/C12H22N2O2S/c1-9(6-11(13)15)7-12(16)14-8-10-2-4-17-5-3-10/h9-10H,2-8H2,1H3,(H2,13,15)(H,14,16)/t9-/m1/s1. The second kappa shape index (κ2) is 7.58. The van der Waals surface area contributed by atoms with Crippen molar-refractivity contribution in [3.05, 3.63) is 0 Å². The molecule has 0 aromatic carbocycles. The van der Waals surface area contributed by atoms with Crippen LogP contribution in [0.4, 0.5) is 0 Å². The van der Waals surface area contributed by atoms with Gasteiger partial charge < -0.3 is 11.1 Å². The van der Waals surface area contributed by atoms with Crippen molar-refractivity contribution in [3.63, 3.8) is 0 Å². The Morgan fingerprint density at radius 3 is 2.59 bits per heavy atom. The van der Waals surface area contributed by atoms with E-state index in [1.165, 1.54) is 24.3 Å². The van der Waals surface area contributed by atoms with Crippen LogP contribution in [0.3, 0.4) is 0 Å². The summed E-state index contributed by atoms with van der Waals surface area (Å²) >= 11 is 1.99. The lowest BCUT2D eigenvalue weighted by Crippen LogP contribution is -2.32. The topological polar surface area (TPSA) is 72.2 Å². The maximum Gasteiger partial charge on any atom is 0.220 e. The fourth-order valence-electron chi connectivity index (χ4n) is 2.01. The van der Waals surface area contributed by atoms with Gasteiger partial charge in [0.2, 0.25) is 11.8 Å². The van der Waals surface area contributed by atoms with Crippen molar-refractivity contribution >= 4 is 23.6 Å². The molecule has 4 nitrogen and oxygen atoms in total. The van der Waals surface area contributed by atoms with Crippen LogP contribution in [0.1, 0.15) is 32.6 Å². The number of rotatable bonds is 6. The van der Waals surface area contributed by atoms with Crippen molar-refractivity contribution in [1.29, 1.82) is 0 Å². The van der Waals surface area contributed by atoms with Gasteiger partial charge in [-0.25, -0.2) is 0 Å². The monoisotopic (exact) mass is 258 g/mol. The summed E-state index contributed by atoms with van der Waals surface area (Å²) in [6.45, 7) is 2.66. The first-order valence-electron chi connectivity index (χ1n) is 6.20. The number of primary amides is 1. The second-order valence-corrected chi connectivity index (χ2v) is 6.06. The van der Waals surface area contributed by atoms with Crippen molar-refractivity contribution in [2.24, 2.45) is 17.6 Å². The van der Waals surface area contributed by atoms with E-state index in [2.05, 4.69) is 5.32 Å². The molecule has 3 N–H and O–H groups in total. The molecular weight excluding hydrogens is 236 g/mol. The van der Waals surface area contributed by atoms with Gasteiger partial charge in [0.05, 0.1) is 0 Å². The van der Waals surface area contributed by atoms with Crippen LogP contribution in [-0.4, -0.2) is 29.9 Å². The average molecular weight is 258 g/mol. The van der Waals surface area contributed by atoms with Crippen LogP contribution in [0.15, 0.2) is 0 Å². The summed E-state index contributed by atoms with van der Waals surface area (Å²) in [5, 5.41) is 2.96. The van der Waals surface area contributed by atoms with Crippen LogP contribution in [-0.2, 0) is 9.59 Å². The van der Waals surface area contributed by atoms with E-state index in [1.807, 2.05) is 18.7 Å². The first-order chi connectivity index (χ1) is 8.08. The van der Waals surface area contributed by atoms with Gasteiger partial charge in [-0.05, 0) is 36.2 Å². The van der Waals surface area contributed by atoms with E-state index in [9.17, 15) is 9.59 Å². The van der Waals surface area contributed by atoms with E-state index >= 15 is 0 Å². The van der Waals surface area contributed by atoms with E-state index in [4.69, 9.17) is 5.73 Å². The molecule has 1 heterocycles. The highest BCUT2D eigenvalue weighted by atomic mass is 32.2. The fraction of sp³-hybridized carbons (Fsp3) is 0.833. The van der Waals surface area contributed by atoms with E-state index < -0.39 is 0 Å². The van der Waals surface area contributed by atoms with Crippen molar-refractivity contribution in [1.82, 2.24) is 5.32 Å². The summed E-state index contributed by atoms with van der Waals surface area (Å²) in [6.07, 6.45) is 3.07. The molecule has 5 heteroatoms. The molecule has 98 valence electrons. The molecule has 0 bridgehead atoms. The molecule has 0 saturated carbocycles. The predicted octanol–water partition coefficient (Wildman–Crippen LogP) is 1.15. The van der Waals surface area contributed by atoms with Crippen LogP contribution in [0.2, 0.25) is 0 Å². The van der Waals surface area contributed by atoms with Crippen LogP contribution >= 0.6 is 11.8 Å². The van der Waals surface area contributed by atoms with E-state index in [1.54, 1.807) is 0 Å². The number of thioether (sulfide) groups is 1. The number of nitrogens with two attached hydrogens (primary N) is 1. The quantitative estimate of drug-likeness (QED) is 0.750. The molecule has 2 amide bonds. The van der Waals surface area contributed by atoms with Crippen molar-refractivity contribution < 1.29 is 9.59 Å². The maximum atomic E-state index is 11.6. The Balaban J connectivity index is 2.13. The lowest BCUT2D eigenvalue weighted by Gasteiger charge is -2.21. The highest BCUT2D eigenvalue weighted by Crippen LogP contribution is 2.21. The van der Waals surface area contributed by atoms with Crippen molar-refractivity contribution in [2.75, 3.05) is 18.1 Å². The minimum atomic E-state index is -0.338. The third-order valence-corrected chi connectivity index (χ3v) is 4.06. The Labute approximate surface area is 107 Å². The number of nitrogens with one attached hydrogen (secondary N) is 1. The molecule has 17 heavy (non-hydrogen) atoms. The summed E-state index contributed by atoms with van der Waals surface area (Å²) in [5.41, 5.74) is 5.09. The Kier molecular flexibility index (Phi) is 6.40. The lowest BCUT2D eigenvalue weighted by molar-refractivity contribution is -0.122. The summed E-state index contributed by atoms with van der Waals surface area (Å²) < 4.78 is 0. The third kappa shape index (κ3) is 6.56. The number of carbonyl (C=O) groups is 2. The molecule has 1 atom stereocenters. The van der Waals surface area contributed by atoms with Gasteiger partial charge in [-0.2, -0.15) is 11.8 Å². The molecule has 0 spiro atoms. The molecule has 0 radical (unpaired) electrons. The zero-order valence-corrected chi connectivity index (χ0v) is 11.2. The van der Waals surface area contributed by atoms with Gasteiger partial charge in [0.25, 0.3) is 0 Å². The predicted molar refractivity (Wildman–Crippen MR) is 70.7 cm³/mol. The smallest absolute Gasteiger partial charge is 0.220 e. The fourth-order valence-corrected chi connectivity index (χ4v) is 3.22. The van der Waals surface area contributed by atoms with Crippen molar-refractivity contribution in [2.45, 2.75) is 32.6 Å². The zero-order chi connectivity index (χ0) is 12.7. The highest BCUT2D eigenvalue weighted by Gasteiger charge is 2.16. The molecule has 0 aliphatic carbocycles.